The number of amides is 1. The van der Waals surface area contributed by atoms with Crippen LogP contribution in [0.1, 0.15) is 10.4 Å². The average molecular weight is 292 g/mol. The molecule has 0 radical (unpaired) electrons. The number of hydroxylamine groups is 1. The zero-order valence-corrected chi connectivity index (χ0v) is 10.2. The number of carbonyl (C=O) groups excluding carboxylic acids is 1. The van der Waals surface area contributed by atoms with E-state index in [9.17, 15) is 9.18 Å². The lowest BCUT2D eigenvalue weighted by molar-refractivity contribution is 0.00865. The predicted octanol–water partition coefficient (Wildman–Crippen LogP) is 1.90. The van der Waals surface area contributed by atoms with E-state index in [1.807, 2.05) is 0 Å². The first-order valence-corrected chi connectivity index (χ1v) is 5.30. The van der Waals surface area contributed by atoms with Crippen LogP contribution in [0.25, 0.3) is 0 Å². The molecule has 1 aromatic carbocycles. The normalized spacial score (nSPS) is 10.2. The van der Waals surface area contributed by atoms with Gasteiger partial charge >= 0.3 is 0 Å². The Balaban J connectivity index is 2.55. The fourth-order valence-electron chi connectivity index (χ4n) is 0.968. The smallest absolute Gasteiger partial charge is 0.277 e. The Bertz CT molecular complexity index is 373. The van der Waals surface area contributed by atoms with Crippen molar-refractivity contribution in [2.24, 2.45) is 0 Å². The molecule has 0 aliphatic heterocycles. The zero-order chi connectivity index (χ0) is 12.0. The third-order valence-corrected chi connectivity index (χ3v) is 2.22. The molecular formula is C10H11BrFNO3. The Morgan fingerprint density at radius 1 is 1.50 bits per heavy atom. The molecule has 0 bridgehead atoms. The summed E-state index contributed by atoms with van der Waals surface area (Å²) < 4.78 is 18.6. The van der Waals surface area contributed by atoms with Crippen LogP contribution in [0.15, 0.2) is 22.7 Å². The highest BCUT2D eigenvalue weighted by molar-refractivity contribution is 9.10. The lowest BCUT2D eigenvalue weighted by Crippen LogP contribution is -2.26. The molecule has 1 amide bonds. The van der Waals surface area contributed by atoms with Gasteiger partial charge in [0.15, 0.2) is 0 Å². The van der Waals surface area contributed by atoms with Crippen LogP contribution in [0, 0.1) is 5.82 Å². The minimum atomic E-state index is -0.630. The van der Waals surface area contributed by atoms with E-state index in [0.29, 0.717) is 11.1 Å². The van der Waals surface area contributed by atoms with E-state index >= 15 is 0 Å². The second-order valence-electron chi connectivity index (χ2n) is 2.90. The quantitative estimate of drug-likeness (QED) is 0.666. The number of halogens is 2. The fraction of sp³-hybridized carbons (Fsp3) is 0.300. The third kappa shape index (κ3) is 3.88. The molecule has 0 aliphatic carbocycles. The molecule has 1 rings (SSSR count). The van der Waals surface area contributed by atoms with Crippen molar-refractivity contribution >= 4 is 21.8 Å². The van der Waals surface area contributed by atoms with Crippen molar-refractivity contribution in [3.05, 3.63) is 34.1 Å². The maximum Gasteiger partial charge on any atom is 0.277 e. The fourth-order valence-corrected chi connectivity index (χ4v) is 1.33. The van der Waals surface area contributed by atoms with Gasteiger partial charge in [0.2, 0.25) is 0 Å². The Morgan fingerprint density at radius 2 is 2.25 bits per heavy atom. The highest BCUT2D eigenvalue weighted by atomic mass is 79.9. The SMILES string of the molecule is COCCONC(=O)c1cc(Br)ccc1F. The van der Waals surface area contributed by atoms with Gasteiger partial charge in [0.25, 0.3) is 5.91 Å². The van der Waals surface area contributed by atoms with Crippen LogP contribution in [0.2, 0.25) is 0 Å². The van der Waals surface area contributed by atoms with E-state index in [2.05, 4.69) is 21.4 Å². The standard InChI is InChI=1S/C10H11BrFNO3/c1-15-4-5-16-13-10(14)8-6-7(11)2-3-9(8)12/h2-3,6H,4-5H2,1H3,(H,13,14). The number of carbonyl (C=O) groups is 1. The molecule has 0 saturated carbocycles. The first-order valence-electron chi connectivity index (χ1n) is 4.51. The Hall–Kier alpha value is -0.980. The van der Waals surface area contributed by atoms with E-state index in [0.717, 1.165) is 0 Å². The highest BCUT2D eigenvalue weighted by Crippen LogP contribution is 2.15. The van der Waals surface area contributed by atoms with Crippen molar-refractivity contribution in [1.29, 1.82) is 0 Å². The second kappa shape index (κ2) is 6.57. The predicted molar refractivity (Wildman–Crippen MR) is 59.4 cm³/mol. The largest absolute Gasteiger partial charge is 0.382 e. The summed E-state index contributed by atoms with van der Waals surface area (Å²) in [5.74, 6) is -1.23. The van der Waals surface area contributed by atoms with E-state index in [-0.39, 0.29) is 12.2 Å². The van der Waals surface area contributed by atoms with Gasteiger partial charge in [-0.25, -0.2) is 9.87 Å². The summed E-state index contributed by atoms with van der Waals surface area (Å²) in [6.45, 7) is 0.555. The summed E-state index contributed by atoms with van der Waals surface area (Å²) in [6, 6.07) is 4.09. The lowest BCUT2D eigenvalue weighted by Gasteiger charge is -2.06. The molecule has 0 aromatic heterocycles. The van der Waals surface area contributed by atoms with Crippen LogP contribution in [-0.2, 0) is 9.57 Å². The minimum Gasteiger partial charge on any atom is -0.382 e. The van der Waals surface area contributed by atoms with Gasteiger partial charge in [0.05, 0.1) is 18.8 Å². The van der Waals surface area contributed by atoms with Crippen LogP contribution in [-0.4, -0.2) is 26.2 Å². The molecule has 0 fully saturated rings. The monoisotopic (exact) mass is 291 g/mol. The molecule has 0 aliphatic rings. The molecule has 88 valence electrons. The first kappa shape index (κ1) is 13.1. The average Bonchev–Trinajstić information content (AvgIpc) is 2.27. The maximum atomic E-state index is 13.2. The van der Waals surface area contributed by atoms with Gasteiger partial charge < -0.3 is 4.74 Å². The zero-order valence-electron chi connectivity index (χ0n) is 8.63. The minimum absolute atomic E-state index is 0.0770. The molecule has 0 unspecified atom stereocenters. The van der Waals surface area contributed by atoms with Crippen LogP contribution < -0.4 is 5.48 Å². The lowest BCUT2D eigenvalue weighted by atomic mass is 10.2. The van der Waals surface area contributed by atoms with E-state index in [1.54, 1.807) is 0 Å². The maximum absolute atomic E-state index is 13.2. The number of rotatable bonds is 5. The van der Waals surface area contributed by atoms with Crippen LogP contribution >= 0.6 is 15.9 Å². The van der Waals surface area contributed by atoms with Crippen molar-refractivity contribution in [2.75, 3.05) is 20.3 Å². The van der Waals surface area contributed by atoms with E-state index < -0.39 is 11.7 Å². The number of hydrogen-bond acceptors (Lipinski definition) is 3. The van der Waals surface area contributed by atoms with Crippen molar-refractivity contribution < 1.29 is 18.8 Å². The Labute approximate surface area is 101 Å². The topological polar surface area (TPSA) is 47.6 Å². The summed E-state index contributed by atoms with van der Waals surface area (Å²) >= 11 is 3.15. The molecule has 0 heterocycles. The van der Waals surface area contributed by atoms with Crippen LogP contribution in [0.4, 0.5) is 4.39 Å². The van der Waals surface area contributed by atoms with Gasteiger partial charge in [-0.1, -0.05) is 15.9 Å². The molecule has 0 atom stereocenters. The van der Waals surface area contributed by atoms with Gasteiger partial charge in [-0.15, -0.1) is 0 Å². The Kier molecular flexibility index (Phi) is 5.37. The molecule has 16 heavy (non-hydrogen) atoms. The summed E-state index contributed by atoms with van der Waals surface area (Å²) in [5, 5.41) is 0. The molecular weight excluding hydrogens is 281 g/mol. The molecule has 0 spiro atoms. The molecule has 6 heteroatoms. The number of benzene rings is 1. The molecule has 1 N–H and O–H groups in total. The molecule has 0 saturated heterocycles. The first-order chi connectivity index (χ1) is 7.65. The summed E-state index contributed by atoms with van der Waals surface area (Å²) in [4.78, 5) is 16.2. The summed E-state index contributed by atoms with van der Waals surface area (Å²) in [7, 11) is 1.51. The van der Waals surface area contributed by atoms with Crippen LogP contribution in [0.3, 0.4) is 0 Å². The van der Waals surface area contributed by atoms with E-state index in [4.69, 9.17) is 9.57 Å². The number of hydrogen-bond donors (Lipinski definition) is 1. The van der Waals surface area contributed by atoms with Gasteiger partial charge in [-0.05, 0) is 18.2 Å². The third-order valence-electron chi connectivity index (χ3n) is 1.73. The molecule has 1 aromatic rings. The van der Waals surface area contributed by atoms with Crippen LogP contribution in [0.5, 0.6) is 0 Å². The summed E-state index contributed by atoms with van der Waals surface area (Å²) in [5.41, 5.74) is 2.04. The number of methoxy groups -OCH3 is 1. The number of ether oxygens (including phenoxy) is 1. The van der Waals surface area contributed by atoms with Crippen molar-refractivity contribution in [3.8, 4) is 0 Å². The second-order valence-corrected chi connectivity index (χ2v) is 3.81. The van der Waals surface area contributed by atoms with E-state index in [1.165, 1.54) is 25.3 Å². The Morgan fingerprint density at radius 3 is 2.94 bits per heavy atom. The highest BCUT2D eigenvalue weighted by Gasteiger charge is 2.11. The van der Waals surface area contributed by atoms with Crippen molar-refractivity contribution in [2.45, 2.75) is 0 Å². The summed E-state index contributed by atoms with van der Waals surface area (Å²) in [6.07, 6.45) is 0. The molecule has 4 nitrogen and oxygen atoms in total. The van der Waals surface area contributed by atoms with Crippen molar-refractivity contribution in [1.82, 2.24) is 5.48 Å². The number of nitrogens with one attached hydrogen (secondary N) is 1. The van der Waals surface area contributed by atoms with Gasteiger partial charge in [0.1, 0.15) is 5.82 Å². The van der Waals surface area contributed by atoms with Crippen molar-refractivity contribution in [3.63, 3.8) is 0 Å². The van der Waals surface area contributed by atoms with Gasteiger partial charge in [-0.2, -0.15) is 0 Å². The van der Waals surface area contributed by atoms with Gasteiger partial charge in [-0.3, -0.25) is 9.63 Å². The van der Waals surface area contributed by atoms with Gasteiger partial charge in [0, 0.05) is 11.6 Å².